The molecule has 1 fully saturated rings. The highest BCUT2D eigenvalue weighted by molar-refractivity contribution is 9.09. The van der Waals surface area contributed by atoms with E-state index in [1.165, 1.54) is 41.9 Å². The average Bonchev–Trinajstić information content (AvgIpc) is 2.65. The summed E-state index contributed by atoms with van der Waals surface area (Å²) in [4.78, 5) is 3.50. The lowest BCUT2D eigenvalue weighted by molar-refractivity contribution is 0.214. The second kappa shape index (κ2) is 4.58. The summed E-state index contributed by atoms with van der Waals surface area (Å²) in [5, 5.41) is 0. The van der Waals surface area contributed by atoms with Crippen LogP contribution in [0.15, 0.2) is 12.1 Å². The Labute approximate surface area is 105 Å². The molecule has 0 nitrogen and oxygen atoms in total. The fourth-order valence-electron chi connectivity index (χ4n) is 2.55. The van der Waals surface area contributed by atoms with Crippen molar-refractivity contribution < 1.29 is 0 Å². The van der Waals surface area contributed by atoms with E-state index in [4.69, 9.17) is 0 Å². The predicted molar refractivity (Wildman–Crippen MR) is 71.9 cm³/mol. The van der Waals surface area contributed by atoms with Crippen LogP contribution >= 0.6 is 27.3 Å². The fraction of sp³-hybridized carbons (Fsp3) is 0.692. The Bertz CT molecular complexity index is 323. The highest BCUT2D eigenvalue weighted by Crippen LogP contribution is 2.51. The Hall–Kier alpha value is 0.180. The SMILES string of the molecule is Cc1ccc(C(Br)C2(C)CCCCC2)s1. The van der Waals surface area contributed by atoms with Gasteiger partial charge in [-0.15, -0.1) is 11.3 Å². The van der Waals surface area contributed by atoms with Gasteiger partial charge in [0.25, 0.3) is 0 Å². The quantitative estimate of drug-likeness (QED) is 0.633. The zero-order valence-corrected chi connectivity index (χ0v) is 12.0. The van der Waals surface area contributed by atoms with E-state index in [1.54, 1.807) is 0 Å². The molecule has 0 N–H and O–H groups in total. The fourth-order valence-corrected chi connectivity index (χ4v) is 4.47. The van der Waals surface area contributed by atoms with Crippen molar-refractivity contribution >= 4 is 27.3 Å². The molecule has 1 aliphatic rings. The minimum Gasteiger partial charge on any atom is -0.145 e. The zero-order valence-electron chi connectivity index (χ0n) is 9.55. The lowest BCUT2D eigenvalue weighted by atomic mass is 9.73. The second-order valence-electron chi connectivity index (χ2n) is 5.03. The van der Waals surface area contributed by atoms with Crippen LogP contribution in [-0.2, 0) is 0 Å². The smallest absolute Gasteiger partial charge is 0.0542 e. The summed E-state index contributed by atoms with van der Waals surface area (Å²) >= 11 is 5.87. The van der Waals surface area contributed by atoms with Crippen molar-refractivity contribution in [2.45, 2.75) is 50.8 Å². The standard InChI is InChI=1S/C13H19BrS/c1-10-6-7-11(15-10)12(14)13(2)8-4-3-5-9-13/h6-7,12H,3-5,8-9H2,1-2H3. The maximum atomic E-state index is 3.93. The molecule has 84 valence electrons. The molecule has 2 heteroatoms. The van der Waals surface area contributed by atoms with Crippen LogP contribution in [0.3, 0.4) is 0 Å². The molecule has 1 heterocycles. The third kappa shape index (κ3) is 2.47. The minimum atomic E-state index is 0.482. The third-order valence-corrected chi connectivity index (χ3v) is 6.59. The van der Waals surface area contributed by atoms with Crippen molar-refractivity contribution in [2.24, 2.45) is 5.41 Å². The lowest BCUT2D eigenvalue weighted by Crippen LogP contribution is -2.24. The number of halogens is 1. The summed E-state index contributed by atoms with van der Waals surface area (Å²) in [5.41, 5.74) is 0.482. The molecular formula is C13H19BrS. The molecule has 0 bridgehead atoms. The summed E-state index contributed by atoms with van der Waals surface area (Å²) in [6.45, 7) is 4.64. The molecule has 1 aromatic rings. The molecule has 1 aromatic heterocycles. The van der Waals surface area contributed by atoms with Crippen LogP contribution in [0.2, 0.25) is 0 Å². The van der Waals surface area contributed by atoms with Crippen LogP contribution in [0.4, 0.5) is 0 Å². The Morgan fingerprint density at radius 1 is 1.27 bits per heavy atom. The predicted octanol–water partition coefficient (Wildman–Crippen LogP) is 5.46. The molecule has 0 aromatic carbocycles. The van der Waals surface area contributed by atoms with E-state index in [9.17, 15) is 0 Å². The number of aryl methyl sites for hydroxylation is 1. The third-order valence-electron chi connectivity index (χ3n) is 3.62. The van der Waals surface area contributed by atoms with Crippen molar-refractivity contribution in [3.8, 4) is 0 Å². The molecular weight excluding hydrogens is 268 g/mol. The Kier molecular flexibility index (Phi) is 3.56. The highest BCUT2D eigenvalue weighted by atomic mass is 79.9. The van der Waals surface area contributed by atoms with Gasteiger partial charge in [0.15, 0.2) is 0 Å². The molecule has 0 aliphatic heterocycles. The van der Waals surface area contributed by atoms with Crippen LogP contribution in [0, 0.1) is 12.3 Å². The maximum absolute atomic E-state index is 3.93. The average molecular weight is 287 g/mol. The van der Waals surface area contributed by atoms with Crippen molar-refractivity contribution in [1.82, 2.24) is 0 Å². The summed E-state index contributed by atoms with van der Waals surface area (Å²) in [5.74, 6) is 0. The van der Waals surface area contributed by atoms with Gasteiger partial charge in [0, 0.05) is 9.75 Å². The van der Waals surface area contributed by atoms with Crippen molar-refractivity contribution in [3.05, 3.63) is 21.9 Å². The van der Waals surface area contributed by atoms with E-state index in [2.05, 4.69) is 41.9 Å². The minimum absolute atomic E-state index is 0.482. The first-order valence-corrected chi connectivity index (χ1v) is 7.55. The molecule has 0 radical (unpaired) electrons. The van der Waals surface area contributed by atoms with Gasteiger partial charge in [-0.25, -0.2) is 0 Å². The molecule has 1 unspecified atom stereocenters. The Morgan fingerprint density at radius 3 is 2.47 bits per heavy atom. The number of thiophene rings is 1. The van der Waals surface area contributed by atoms with E-state index in [0.717, 1.165) is 0 Å². The topological polar surface area (TPSA) is 0 Å². The van der Waals surface area contributed by atoms with Gasteiger partial charge in [0.1, 0.15) is 0 Å². The molecule has 1 atom stereocenters. The number of hydrogen-bond donors (Lipinski definition) is 0. The second-order valence-corrected chi connectivity index (χ2v) is 7.26. The zero-order chi connectivity index (χ0) is 10.9. The van der Waals surface area contributed by atoms with E-state index in [0.29, 0.717) is 10.2 Å². The molecule has 0 amide bonds. The van der Waals surface area contributed by atoms with Crippen LogP contribution in [-0.4, -0.2) is 0 Å². The van der Waals surface area contributed by atoms with E-state index in [-0.39, 0.29) is 0 Å². The first kappa shape index (κ1) is 11.7. The normalized spacial score (nSPS) is 22.6. The van der Waals surface area contributed by atoms with Gasteiger partial charge in [0.2, 0.25) is 0 Å². The van der Waals surface area contributed by atoms with Gasteiger partial charge < -0.3 is 0 Å². The molecule has 0 saturated heterocycles. The van der Waals surface area contributed by atoms with Gasteiger partial charge in [-0.3, -0.25) is 0 Å². The first-order chi connectivity index (χ1) is 7.12. The highest BCUT2D eigenvalue weighted by Gasteiger charge is 2.35. The van der Waals surface area contributed by atoms with Gasteiger partial charge in [-0.1, -0.05) is 42.1 Å². The van der Waals surface area contributed by atoms with Crippen LogP contribution in [0.25, 0.3) is 0 Å². The van der Waals surface area contributed by atoms with E-state index < -0.39 is 0 Å². The molecule has 2 rings (SSSR count). The summed E-state index contributed by atoms with van der Waals surface area (Å²) in [6, 6.07) is 4.53. The van der Waals surface area contributed by atoms with Gasteiger partial charge in [-0.2, -0.15) is 0 Å². The van der Waals surface area contributed by atoms with Crippen LogP contribution < -0.4 is 0 Å². The van der Waals surface area contributed by atoms with Gasteiger partial charge in [0.05, 0.1) is 4.83 Å². The molecule has 1 aliphatic carbocycles. The number of alkyl halides is 1. The maximum Gasteiger partial charge on any atom is 0.0542 e. The van der Waals surface area contributed by atoms with E-state index >= 15 is 0 Å². The van der Waals surface area contributed by atoms with E-state index in [1.807, 2.05) is 11.3 Å². The van der Waals surface area contributed by atoms with Crippen LogP contribution in [0.5, 0.6) is 0 Å². The van der Waals surface area contributed by atoms with Crippen molar-refractivity contribution in [1.29, 1.82) is 0 Å². The molecule has 15 heavy (non-hydrogen) atoms. The first-order valence-electron chi connectivity index (χ1n) is 5.82. The lowest BCUT2D eigenvalue weighted by Gasteiger charge is -2.37. The summed E-state index contributed by atoms with van der Waals surface area (Å²) in [7, 11) is 0. The Morgan fingerprint density at radius 2 is 1.93 bits per heavy atom. The number of hydrogen-bond acceptors (Lipinski definition) is 1. The Balaban J connectivity index is 2.15. The summed E-state index contributed by atoms with van der Waals surface area (Å²) < 4.78 is 0. The molecule has 1 saturated carbocycles. The van der Waals surface area contributed by atoms with Gasteiger partial charge in [-0.05, 0) is 37.3 Å². The van der Waals surface area contributed by atoms with Gasteiger partial charge >= 0.3 is 0 Å². The number of rotatable bonds is 2. The monoisotopic (exact) mass is 286 g/mol. The largest absolute Gasteiger partial charge is 0.145 e. The summed E-state index contributed by atoms with van der Waals surface area (Å²) in [6.07, 6.45) is 6.99. The van der Waals surface area contributed by atoms with Crippen molar-refractivity contribution in [3.63, 3.8) is 0 Å². The molecule has 0 spiro atoms. The van der Waals surface area contributed by atoms with Crippen molar-refractivity contribution in [2.75, 3.05) is 0 Å². The van der Waals surface area contributed by atoms with Crippen LogP contribution in [0.1, 0.15) is 53.6 Å².